The number of furan rings is 1. The molecule has 0 bridgehead atoms. The first-order valence-corrected chi connectivity index (χ1v) is 16.1. The van der Waals surface area contributed by atoms with Gasteiger partial charge in [0.15, 0.2) is 0 Å². The molecule has 0 saturated heterocycles. The van der Waals surface area contributed by atoms with E-state index >= 15 is 0 Å². The summed E-state index contributed by atoms with van der Waals surface area (Å²) in [4.78, 5) is 29.5. The lowest BCUT2D eigenvalue weighted by molar-refractivity contribution is -0.137. The Balaban J connectivity index is 1.37. The van der Waals surface area contributed by atoms with Gasteiger partial charge in [0, 0.05) is 53.7 Å². The Hall–Kier alpha value is -3.64. The number of fused-ring (bicyclic) bond motifs is 4. The van der Waals surface area contributed by atoms with Crippen LogP contribution in [-0.4, -0.2) is 47.6 Å². The zero-order chi connectivity index (χ0) is 30.3. The molecule has 1 heterocycles. The number of likely N-dealkylation sites (N-methyl/N-ethyl adjacent to an activating group) is 1. The van der Waals surface area contributed by atoms with Crippen LogP contribution in [0.3, 0.4) is 0 Å². The average Bonchev–Trinajstić information content (AvgIpc) is 3.38. The van der Waals surface area contributed by atoms with Crippen molar-refractivity contribution >= 4 is 39.3 Å². The first-order valence-electron chi connectivity index (χ1n) is 16.1. The number of unbranched alkanes of at least 4 members (excludes halogenated alkanes) is 6. The fraction of sp³-hybridized carbons (Fsp3) is 0.459. The molecule has 5 rings (SSSR count). The molecular formula is C37H46N2O4. The summed E-state index contributed by atoms with van der Waals surface area (Å²) in [5.74, 6) is 0.406. The van der Waals surface area contributed by atoms with Crippen LogP contribution in [0.25, 0.3) is 21.7 Å². The van der Waals surface area contributed by atoms with Crippen LogP contribution in [0.2, 0.25) is 0 Å². The molecule has 43 heavy (non-hydrogen) atoms. The Kier molecular flexibility index (Phi) is 10.2. The Morgan fingerprint density at radius 2 is 1.63 bits per heavy atom. The first-order chi connectivity index (χ1) is 20.8. The number of carbonyl (C=O) groups excluding carboxylic acids is 1. The molecule has 1 aromatic heterocycles. The number of carboxylic acid groups (broad SMARTS) is 1. The van der Waals surface area contributed by atoms with Gasteiger partial charge in [-0.1, -0.05) is 68.5 Å². The third-order valence-electron chi connectivity index (χ3n) is 9.24. The van der Waals surface area contributed by atoms with Gasteiger partial charge >= 0.3 is 5.97 Å². The van der Waals surface area contributed by atoms with E-state index < -0.39 is 5.97 Å². The minimum Gasteiger partial charge on any atom is -0.481 e. The molecule has 1 amide bonds. The summed E-state index contributed by atoms with van der Waals surface area (Å²) in [5.41, 5.74) is 3.84. The average molecular weight is 583 g/mol. The number of benzene rings is 3. The van der Waals surface area contributed by atoms with Crippen molar-refractivity contribution in [3.05, 3.63) is 77.6 Å². The van der Waals surface area contributed by atoms with Crippen molar-refractivity contribution in [1.82, 2.24) is 4.90 Å². The van der Waals surface area contributed by atoms with Gasteiger partial charge in [-0.25, -0.2) is 0 Å². The molecule has 0 aliphatic heterocycles. The van der Waals surface area contributed by atoms with E-state index in [1.807, 2.05) is 47.4 Å². The van der Waals surface area contributed by atoms with E-state index in [9.17, 15) is 9.59 Å². The van der Waals surface area contributed by atoms with Crippen LogP contribution < -0.4 is 4.90 Å². The lowest BCUT2D eigenvalue weighted by Crippen LogP contribution is -2.40. The Bertz CT molecular complexity index is 1550. The SMILES string of the molecule is CC(C)N(C)C1CCc2oc3ccc(N(CCCCCCCCCC(=O)O)C(=O)c4cccc5ccccc45)cc3c2C1. The second-order valence-electron chi connectivity index (χ2n) is 12.4. The van der Waals surface area contributed by atoms with Gasteiger partial charge in [0.05, 0.1) is 0 Å². The van der Waals surface area contributed by atoms with E-state index in [1.165, 1.54) is 5.56 Å². The summed E-state index contributed by atoms with van der Waals surface area (Å²) >= 11 is 0. The molecule has 0 radical (unpaired) electrons. The number of rotatable bonds is 14. The van der Waals surface area contributed by atoms with Crippen LogP contribution in [0.15, 0.2) is 65.1 Å². The van der Waals surface area contributed by atoms with Gasteiger partial charge in [-0.15, -0.1) is 0 Å². The highest BCUT2D eigenvalue weighted by Crippen LogP contribution is 2.36. The third kappa shape index (κ3) is 7.30. The molecule has 4 aromatic rings. The first kappa shape index (κ1) is 30.8. The molecular weight excluding hydrogens is 536 g/mol. The van der Waals surface area contributed by atoms with Gasteiger partial charge in [-0.3, -0.25) is 9.59 Å². The second-order valence-corrected chi connectivity index (χ2v) is 12.4. The number of aryl methyl sites for hydroxylation is 1. The molecule has 1 N–H and O–H groups in total. The van der Waals surface area contributed by atoms with Crippen LogP contribution in [-0.2, 0) is 17.6 Å². The van der Waals surface area contributed by atoms with E-state index in [0.717, 1.165) is 103 Å². The molecule has 1 atom stereocenters. The number of hydrogen-bond acceptors (Lipinski definition) is 4. The maximum absolute atomic E-state index is 14.3. The summed E-state index contributed by atoms with van der Waals surface area (Å²) in [7, 11) is 2.22. The Morgan fingerprint density at radius 1 is 0.907 bits per heavy atom. The zero-order valence-corrected chi connectivity index (χ0v) is 26.0. The third-order valence-corrected chi connectivity index (χ3v) is 9.24. The molecule has 0 saturated carbocycles. The highest BCUT2D eigenvalue weighted by molar-refractivity contribution is 6.14. The Morgan fingerprint density at radius 3 is 2.40 bits per heavy atom. The quantitative estimate of drug-likeness (QED) is 0.151. The highest BCUT2D eigenvalue weighted by Gasteiger charge is 2.28. The number of amides is 1. The molecule has 1 unspecified atom stereocenters. The summed E-state index contributed by atoms with van der Waals surface area (Å²) in [6.07, 6.45) is 10.1. The summed E-state index contributed by atoms with van der Waals surface area (Å²) in [6, 6.07) is 21.3. The van der Waals surface area contributed by atoms with E-state index in [2.05, 4.69) is 44.0 Å². The van der Waals surface area contributed by atoms with E-state index in [-0.39, 0.29) is 12.3 Å². The van der Waals surface area contributed by atoms with Crippen molar-refractivity contribution in [2.45, 2.75) is 96.6 Å². The lowest BCUT2D eigenvalue weighted by Gasteiger charge is -2.33. The Labute approximate surface area is 255 Å². The molecule has 1 aliphatic carbocycles. The molecule has 6 nitrogen and oxygen atoms in total. The second kappa shape index (κ2) is 14.2. The maximum atomic E-state index is 14.3. The smallest absolute Gasteiger partial charge is 0.303 e. The number of carbonyl (C=O) groups is 2. The van der Waals surface area contributed by atoms with E-state index in [1.54, 1.807) is 0 Å². The lowest BCUT2D eigenvalue weighted by atomic mass is 9.90. The van der Waals surface area contributed by atoms with Crippen molar-refractivity contribution in [2.75, 3.05) is 18.5 Å². The molecule has 0 spiro atoms. The normalized spacial score (nSPS) is 15.0. The van der Waals surface area contributed by atoms with Crippen LogP contribution in [0.1, 0.15) is 93.3 Å². The van der Waals surface area contributed by atoms with Crippen molar-refractivity contribution < 1.29 is 19.1 Å². The van der Waals surface area contributed by atoms with Gasteiger partial charge in [-0.2, -0.15) is 0 Å². The maximum Gasteiger partial charge on any atom is 0.303 e. The van der Waals surface area contributed by atoms with Gasteiger partial charge in [0.1, 0.15) is 11.3 Å². The zero-order valence-electron chi connectivity index (χ0n) is 26.0. The van der Waals surface area contributed by atoms with Crippen LogP contribution in [0, 0.1) is 0 Å². The van der Waals surface area contributed by atoms with Crippen molar-refractivity contribution in [2.24, 2.45) is 0 Å². The highest BCUT2D eigenvalue weighted by atomic mass is 16.4. The number of aliphatic carboxylic acids is 1. The molecule has 3 aromatic carbocycles. The topological polar surface area (TPSA) is 74.0 Å². The van der Waals surface area contributed by atoms with Gasteiger partial charge < -0.3 is 19.3 Å². The van der Waals surface area contributed by atoms with Gasteiger partial charge in [-0.05, 0) is 81.6 Å². The standard InChI is InChI=1S/C37H46N2O4/c1-26(2)38(3)28-19-21-34-32(24-28)33-25-29(20-22-35(33)43-34)39(23-12-8-6-4-5-7-9-18-36(40)41)37(42)31-17-13-15-27-14-10-11-16-30(27)31/h10-11,13-17,20,22,25-26,28H,4-9,12,18-19,21,23-24H2,1-3H3,(H,40,41). The van der Waals surface area contributed by atoms with Crippen LogP contribution in [0.5, 0.6) is 0 Å². The minimum absolute atomic E-state index is 0.0274. The molecule has 1 aliphatic rings. The van der Waals surface area contributed by atoms with Crippen LogP contribution in [0.4, 0.5) is 5.69 Å². The molecule has 0 fully saturated rings. The number of anilines is 1. The predicted octanol–water partition coefficient (Wildman–Crippen LogP) is 8.64. The van der Waals surface area contributed by atoms with Crippen molar-refractivity contribution in [1.29, 1.82) is 0 Å². The van der Waals surface area contributed by atoms with E-state index in [4.69, 9.17) is 9.52 Å². The predicted molar refractivity (Wildman–Crippen MR) is 175 cm³/mol. The number of carboxylic acids is 1. The van der Waals surface area contributed by atoms with Gasteiger partial charge in [0.25, 0.3) is 5.91 Å². The van der Waals surface area contributed by atoms with Crippen molar-refractivity contribution in [3.8, 4) is 0 Å². The molecule has 6 heteroatoms. The summed E-state index contributed by atoms with van der Waals surface area (Å²) in [6.45, 7) is 5.14. The monoisotopic (exact) mass is 582 g/mol. The fourth-order valence-corrected chi connectivity index (χ4v) is 6.52. The number of nitrogens with zero attached hydrogens (tertiary/aromatic N) is 2. The van der Waals surface area contributed by atoms with Crippen LogP contribution >= 0.6 is 0 Å². The van der Waals surface area contributed by atoms with E-state index in [0.29, 0.717) is 18.6 Å². The molecule has 228 valence electrons. The largest absolute Gasteiger partial charge is 0.481 e. The fourth-order valence-electron chi connectivity index (χ4n) is 6.52. The van der Waals surface area contributed by atoms with Crippen molar-refractivity contribution in [3.63, 3.8) is 0 Å². The van der Waals surface area contributed by atoms with Gasteiger partial charge in [0.2, 0.25) is 0 Å². The summed E-state index contributed by atoms with van der Waals surface area (Å²) < 4.78 is 6.33. The number of hydrogen-bond donors (Lipinski definition) is 1. The minimum atomic E-state index is -0.715. The summed E-state index contributed by atoms with van der Waals surface area (Å²) in [5, 5.41) is 12.0.